The van der Waals surface area contributed by atoms with Crippen LogP contribution in [0.3, 0.4) is 0 Å². The molecule has 1 N–H and O–H groups in total. The number of hydrogen-bond donors (Lipinski definition) is 1. The van der Waals surface area contributed by atoms with E-state index in [1.807, 2.05) is 51.3 Å². The van der Waals surface area contributed by atoms with Crippen molar-refractivity contribution in [2.45, 2.75) is 70.7 Å². The smallest absolute Gasteiger partial charge is 0.307 e. The second-order valence-electron chi connectivity index (χ2n) is 9.67. The normalized spacial score (nSPS) is 13.1. The summed E-state index contributed by atoms with van der Waals surface area (Å²) in [6.07, 6.45) is -0.00780. The van der Waals surface area contributed by atoms with E-state index in [1.54, 1.807) is 0 Å². The second kappa shape index (κ2) is 9.67. The average Bonchev–Trinajstić information content (AvgIpc) is 3.09. The molecule has 6 nitrogen and oxygen atoms in total. The summed E-state index contributed by atoms with van der Waals surface area (Å²) in [6.45, 7) is 13.6. The quantitative estimate of drug-likeness (QED) is 0.386. The summed E-state index contributed by atoms with van der Waals surface area (Å²) in [5, 5.41) is 21.1. The minimum atomic E-state index is -0.935. The van der Waals surface area contributed by atoms with Crippen LogP contribution >= 0.6 is 11.8 Å². The van der Waals surface area contributed by atoms with Crippen LogP contribution < -0.4 is 0 Å². The van der Waals surface area contributed by atoms with Gasteiger partial charge >= 0.3 is 5.97 Å². The van der Waals surface area contributed by atoms with E-state index in [4.69, 9.17) is 0 Å². The van der Waals surface area contributed by atoms with Crippen LogP contribution in [-0.2, 0) is 9.59 Å². The van der Waals surface area contributed by atoms with Crippen molar-refractivity contribution in [3.8, 4) is 5.69 Å². The maximum absolute atomic E-state index is 13.1. The lowest BCUT2D eigenvalue weighted by Crippen LogP contribution is -2.33. The number of aromatic nitrogens is 3. The van der Waals surface area contributed by atoms with Gasteiger partial charge in [0.05, 0.1) is 16.4 Å². The van der Waals surface area contributed by atoms with Crippen molar-refractivity contribution in [1.29, 1.82) is 0 Å². The zero-order valence-corrected chi connectivity index (χ0v) is 21.2. The molecule has 2 aromatic carbocycles. The van der Waals surface area contributed by atoms with E-state index in [0.717, 1.165) is 16.9 Å². The first-order valence-electron chi connectivity index (χ1n) is 11.3. The third-order valence-electron chi connectivity index (χ3n) is 6.14. The van der Waals surface area contributed by atoms with Crippen LogP contribution in [0.1, 0.15) is 65.3 Å². The molecule has 176 valence electrons. The Morgan fingerprint density at radius 2 is 1.67 bits per heavy atom. The zero-order valence-electron chi connectivity index (χ0n) is 20.4. The van der Waals surface area contributed by atoms with Gasteiger partial charge in [-0.15, -0.1) is 10.2 Å². The van der Waals surface area contributed by atoms with E-state index in [0.29, 0.717) is 11.1 Å². The number of fused-ring (bicyclic) bond motifs is 1. The van der Waals surface area contributed by atoms with Gasteiger partial charge in [0.15, 0.2) is 5.16 Å². The van der Waals surface area contributed by atoms with Crippen molar-refractivity contribution in [2.24, 2.45) is 11.8 Å². The second-order valence-corrected chi connectivity index (χ2v) is 11.3. The fourth-order valence-electron chi connectivity index (χ4n) is 4.03. The summed E-state index contributed by atoms with van der Waals surface area (Å²) in [5.74, 6) is -0.752. The average molecular weight is 468 g/mol. The zero-order chi connectivity index (χ0) is 24.5. The molecule has 0 aliphatic heterocycles. The highest BCUT2D eigenvalue weighted by atomic mass is 32.2. The molecule has 0 saturated carbocycles. The Morgan fingerprint density at radius 3 is 2.24 bits per heavy atom. The first-order valence-corrected chi connectivity index (χ1v) is 12.1. The van der Waals surface area contributed by atoms with Gasteiger partial charge in [-0.05, 0) is 49.6 Å². The fourth-order valence-corrected chi connectivity index (χ4v) is 5.09. The molecule has 1 heterocycles. The van der Waals surface area contributed by atoms with Gasteiger partial charge in [-0.25, -0.2) is 0 Å². The maximum Gasteiger partial charge on any atom is 0.307 e. The monoisotopic (exact) mass is 467 g/mol. The van der Waals surface area contributed by atoms with Crippen molar-refractivity contribution < 1.29 is 14.7 Å². The Bertz CT molecular complexity index is 1180. The number of Topliss-reactive ketones (excluding diaryl/α,β-unsaturated/α-hetero) is 1. The van der Waals surface area contributed by atoms with Crippen LogP contribution in [-0.4, -0.2) is 36.4 Å². The molecule has 0 amide bonds. The molecule has 1 atom stereocenters. The predicted octanol–water partition coefficient (Wildman–Crippen LogP) is 6.04. The summed E-state index contributed by atoms with van der Waals surface area (Å²) in [4.78, 5) is 24.8. The van der Waals surface area contributed by atoms with E-state index < -0.39 is 16.6 Å². The molecule has 0 aliphatic rings. The van der Waals surface area contributed by atoms with Crippen LogP contribution in [0, 0.1) is 18.8 Å². The molecule has 0 saturated heterocycles. The highest BCUT2D eigenvalue weighted by Crippen LogP contribution is 2.38. The lowest BCUT2D eigenvalue weighted by Gasteiger charge is -2.25. The summed E-state index contributed by atoms with van der Waals surface area (Å²) >= 11 is 1.33. The summed E-state index contributed by atoms with van der Waals surface area (Å²) < 4.78 is 1.14. The minimum absolute atomic E-state index is 0.00780. The Kier molecular flexibility index (Phi) is 7.32. The maximum atomic E-state index is 13.1. The molecule has 3 aromatic rings. The number of carbonyl (C=O) groups excluding carboxylic acids is 1. The number of ketones is 1. The van der Waals surface area contributed by atoms with Gasteiger partial charge < -0.3 is 5.11 Å². The molecular weight excluding hydrogens is 434 g/mol. The van der Waals surface area contributed by atoms with E-state index in [2.05, 4.69) is 48.3 Å². The van der Waals surface area contributed by atoms with Gasteiger partial charge in [0, 0.05) is 11.8 Å². The van der Waals surface area contributed by atoms with Gasteiger partial charge in [-0.1, -0.05) is 69.8 Å². The number of nitrogens with zero attached hydrogens (tertiary/aromatic N) is 3. The van der Waals surface area contributed by atoms with Crippen molar-refractivity contribution in [3.05, 3.63) is 47.8 Å². The van der Waals surface area contributed by atoms with Crippen LogP contribution in [0.25, 0.3) is 16.5 Å². The number of rotatable bonds is 9. The first kappa shape index (κ1) is 25.0. The topological polar surface area (TPSA) is 85.1 Å². The molecule has 33 heavy (non-hydrogen) atoms. The number of benzene rings is 2. The van der Waals surface area contributed by atoms with Gasteiger partial charge in [0.2, 0.25) is 0 Å². The number of hydrogen-bond acceptors (Lipinski definition) is 5. The van der Waals surface area contributed by atoms with Crippen LogP contribution in [0.5, 0.6) is 0 Å². The Balaban J connectivity index is 2.01. The summed E-state index contributed by atoms with van der Waals surface area (Å²) in [5.41, 5.74) is 2.24. The lowest BCUT2D eigenvalue weighted by atomic mass is 9.88. The molecule has 0 radical (unpaired) electrons. The van der Waals surface area contributed by atoms with Crippen LogP contribution in [0.15, 0.2) is 41.6 Å². The molecule has 0 spiro atoms. The van der Waals surface area contributed by atoms with Gasteiger partial charge in [0.25, 0.3) is 0 Å². The molecule has 0 bridgehead atoms. The van der Waals surface area contributed by atoms with Crippen LogP contribution in [0.2, 0.25) is 0 Å². The van der Waals surface area contributed by atoms with E-state index in [1.165, 1.54) is 22.7 Å². The van der Waals surface area contributed by atoms with Gasteiger partial charge in [-0.3, -0.25) is 14.2 Å². The summed E-state index contributed by atoms with van der Waals surface area (Å²) in [7, 11) is 0. The van der Waals surface area contributed by atoms with E-state index in [-0.39, 0.29) is 18.1 Å². The van der Waals surface area contributed by atoms with E-state index in [9.17, 15) is 14.7 Å². The SMILES string of the molecule is Cc1nnc(SC(C)(C)C(=O)CC(C(=O)O)C(C)C)n1-c1ccc(C(C)C)c2ccccc12. The number of aliphatic carboxylic acids is 1. The highest BCUT2D eigenvalue weighted by molar-refractivity contribution is 8.01. The fraction of sp³-hybridized carbons (Fsp3) is 0.462. The van der Waals surface area contributed by atoms with Crippen LogP contribution in [0.4, 0.5) is 0 Å². The summed E-state index contributed by atoms with van der Waals surface area (Å²) in [6, 6.07) is 12.5. The molecule has 7 heteroatoms. The number of carboxylic acid groups (broad SMARTS) is 1. The minimum Gasteiger partial charge on any atom is -0.481 e. The number of carboxylic acids is 1. The predicted molar refractivity (Wildman–Crippen MR) is 133 cm³/mol. The van der Waals surface area contributed by atoms with Crippen molar-refractivity contribution in [1.82, 2.24) is 14.8 Å². The van der Waals surface area contributed by atoms with Gasteiger partial charge in [-0.2, -0.15) is 0 Å². The molecule has 0 aliphatic carbocycles. The largest absolute Gasteiger partial charge is 0.481 e. The molecule has 0 fully saturated rings. The van der Waals surface area contributed by atoms with Crippen molar-refractivity contribution >= 4 is 34.3 Å². The standard InChI is InChI=1S/C26H33N3O3S/c1-15(2)18-12-13-22(20-11-9-8-10-19(18)20)29-17(5)27-28-25(29)33-26(6,7)23(30)14-21(16(3)4)24(31)32/h8-13,15-16,21H,14H2,1-7H3,(H,31,32). The molecule has 1 aromatic heterocycles. The third kappa shape index (κ3) is 5.13. The lowest BCUT2D eigenvalue weighted by molar-refractivity contribution is -0.145. The highest BCUT2D eigenvalue weighted by Gasteiger charge is 2.35. The molecular formula is C26H33N3O3S. The van der Waals surface area contributed by atoms with Crippen molar-refractivity contribution in [2.75, 3.05) is 0 Å². The number of thioether (sulfide) groups is 1. The molecule has 3 rings (SSSR count). The van der Waals surface area contributed by atoms with E-state index >= 15 is 0 Å². The van der Waals surface area contributed by atoms with Gasteiger partial charge in [0.1, 0.15) is 11.6 Å². The number of aryl methyl sites for hydroxylation is 1. The van der Waals surface area contributed by atoms with Crippen molar-refractivity contribution in [3.63, 3.8) is 0 Å². The third-order valence-corrected chi connectivity index (χ3v) is 7.32. The first-order chi connectivity index (χ1) is 15.4. The Morgan fingerprint density at radius 1 is 1.03 bits per heavy atom. The Labute approximate surface area is 199 Å². The number of carbonyl (C=O) groups is 2. The molecule has 1 unspecified atom stereocenters. The Hall–Kier alpha value is -2.67.